The second kappa shape index (κ2) is 4.93. The highest BCUT2D eigenvalue weighted by Crippen LogP contribution is 2.24. The molecule has 0 unspecified atom stereocenters. The molecular weight excluding hydrogens is 208 g/mol. The van der Waals surface area contributed by atoms with Gasteiger partial charge in [-0.2, -0.15) is 0 Å². The molecule has 3 heteroatoms. The minimum atomic E-state index is 0.699. The summed E-state index contributed by atoms with van der Waals surface area (Å²) in [5, 5.41) is 0.699. The van der Waals surface area contributed by atoms with Gasteiger partial charge in [0.05, 0.1) is 0 Å². The molecule has 0 radical (unpaired) electrons. The van der Waals surface area contributed by atoms with Crippen LogP contribution in [0.5, 0.6) is 0 Å². The molecule has 1 aromatic heterocycles. The molecule has 2 nitrogen and oxygen atoms in total. The molecular formula is C12H17ClN2. The Morgan fingerprint density at radius 3 is 2.73 bits per heavy atom. The average molecular weight is 225 g/mol. The number of hydrogen-bond acceptors (Lipinski definition) is 2. The van der Waals surface area contributed by atoms with E-state index in [1.54, 1.807) is 0 Å². The molecule has 1 aromatic rings. The number of rotatable bonds is 2. The van der Waals surface area contributed by atoms with Gasteiger partial charge in [0, 0.05) is 17.7 Å². The summed E-state index contributed by atoms with van der Waals surface area (Å²) in [6, 6.07) is 0. The van der Waals surface area contributed by atoms with Crippen LogP contribution in [-0.2, 0) is 19.3 Å². The number of hydrogen-bond donors (Lipinski definition) is 0. The first-order valence-electron chi connectivity index (χ1n) is 5.85. The lowest BCUT2D eigenvalue weighted by Crippen LogP contribution is -2.04. The molecule has 0 bridgehead atoms. The Kier molecular flexibility index (Phi) is 3.57. The van der Waals surface area contributed by atoms with Crippen molar-refractivity contribution >= 4 is 11.6 Å². The highest BCUT2D eigenvalue weighted by Gasteiger charge is 2.14. The lowest BCUT2D eigenvalue weighted by atomic mass is 10.1. The normalized spacial score (nSPS) is 15.9. The Balaban J connectivity index is 2.35. The first-order chi connectivity index (χ1) is 7.31. The van der Waals surface area contributed by atoms with E-state index in [-0.39, 0.29) is 0 Å². The van der Waals surface area contributed by atoms with Crippen LogP contribution in [-0.4, -0.2) is 9.97 Å². The number of fused-ring (bicyclic) bond motifs is 1. The molecule has 0 saturated heterocycles. The number of aryl methyl sites for hydroxylation is 2. The van der Waals surface area contributed by atoms with Gasteiger partial charge in [-0.3, -0.25) is 0 Å². The topological polar surface area (TPSA) is 25.8 Å². The fraction of sp³-hybridized carbons (Fsp3) is 0.667. The molecule has 0 spiro atoms. The number of halogens is 1. The largest absolute Gasteiger partial charge is 0.238 e. The Morgan fingerprint density at radius 2 is 1.93 bits per heavy atom. The van der Waals surface area contributed by atoms with Crippen molar-refractivity contribution in [3.05, 3.63) is 22.2 Å². The highest BCUT2D eigenvalue weighted by molar-refractivity contribution is 6.30. The summed E-state index contributed by atoms with van der Waals surface area (Å²) in [5.41, 5.74) is 2.41. The van der Waals surface area contributed by atoms with E-state index in [0.717, 1.165) is 31.5 Å². The predicted molar refractivity (Wildman–Crippen MR) is 62.3 cm³/mol. The van der Waals surface area contributed by atoms with Crippen LogP contribution in [0.3, 0.4) is 0 Å². The molecule has 1 aliphatic carbocycles. The summed E-state index contributed by atoms with van der Waals surface area (Å²) in [6.07, 6.45) is 7.90. The maximum Gasteiger partial charge on any atom is 0.136 e. The minimum absolute atomic E-state index is 0.699. The van der Waals surface area contributed by atoms with Crippen molar-refractivity contribution in [2.24, 2.45) is 0 Å². The molecule has 1 aliphatic rings. The fourth-order valence-electron chi connectivity index (χ4n) is 2.11. The Morgan fingerprint density at radius 1 is 1.13 bits per heavy atom. The van der Waals surface area contributed by atoms with Gasteiger partial charge in [0.15, 0.2) is 0 Å². The summed E-state index contributed by atoms with van der Waals surface area (Å²) >= 11 is 6.20. The van der Waals surface area contributed by atoms with Gasteiger partial charge in [-0.15, -0.1) is 0 Å². The molecule has 0 fully saturated rings. The Bertz CT molecular complexity index is 350. The Labute approximate surface area is 96.1 Å². The zero-order valence-corrected chi connectivity index (χ0v) is 9.98. The summed E-state index contributed by atoms with van der Waals surface area (Å²) in [4.78, 5) is 9.00. The van der Waals surface area contributed by atoms with E-state index >= 15 is 0 Å². The Hall–Kier alpha value is -0.630. The third-order valence-corrected chi connectivity index (χ3v) is 3.22. The van der Waals surface area contributed by atoms with Gasteiger partial charge in [-0.05, 0) is 32.1 Å². The van der Waals surface area contributed by atoms with Crippen molar-refractivity contribution in [1.82, 2.24) is 9.97 Å². The third kappa shape index (κ3) is 2.49. The second-order valence-electron chi connectivity index (χ2n) is 4.17. The van der Waals surface area contributed by atoms with Gasteiger partial charge >= 0.3 is 0 Å². The van der Waals surface area contributed by atoms with Crippen LogP contribution in [0.4, 0.5) is 0 Å². The first kappa shape index (κ1) is 10.9. The maximum absolute atomic E-state index is 6.20. The maximum atomic E-state index is 6.20. The average Bonchev–Trinajstić information content (AvgIpc) is 2.43. The second-order valence-corrected chi connectivity index (χ2v) is 4.52. The lowest BCUT2D eigenvalue weighted by molar-refractivity contribution is 0.707. The van der Waals surface area contributed by atoms with Crippen LogP contribution < -0.4 is 0 Å². The molecule has 0 N–H and O–H groups in total. The van der Waals surface area contributed by atoms with E-state index in [1.807, 2.05) is 0 Å². The molecule has 1 heterocycles. The number of aromatic nitrogens is 2. The van der Waals surface area contributed by atoms with Gasteiger partial charge < -0.3 is 0 Å². The predicted octanol–water partition coefficient (Wildman–Crippen LogP) is 3.35. The minimum Gasteiger partial charge on any atom is -0.238 e. The molecule has 0 amide bonds. The van der Waals surface area contributed by atoms with Gasteiger partial charge in [0.1, 0.15) is 11.0 Å². The van der Waals surface area contributed by atoms with Gasteiger partial charge in [-0.25, -0.2) is 9.97 Å². The summed E-state index contributed by atoms with van der Waals surface area (Å²) in [5.74, 6) is 0.920. The molecule has 82 valence electrons. The van der Waals surface area contributed by atoms with Crippen LogP contribution in [0, 0.1) is 0 Å². The van der Waals surface area contributed by atoms with Crippen LogP contribution in [0.2, 0.25) is 5.15 Å². The fourth-order valence-corrected chi connectivity index (χ4v) is 2.41. The van der Waals surface area contributed by atoms with Crippen molar-refractivity contribution in [3.8, 4) is 0 Å². The SMILES string of the molecule is CCCc1nc(Cl)c2c(n1)CCCCC2. The van der Waals surface area contributed by atoms with Crippen molar-refractivity contribution in [2.45, 2.75) is 51.9 Å². The summed E-state index contributed by atoms with van der Waals surface area (Å²) in [7, 11) is 0. The third-order valence-electron chi connectivity index (χ3n) is 2.90. The highest BCUT2D eigenvalue weighted by atomic mass is 35.5. The molecule has 2 rings (SSSR count). The van der Waals surface area contributed by atoms with Crippen molar-refractivity contribution in [3.63, 3.8) is 0 Å². The zero-order valence-electron chi connectivity index (χ0n) is 9.22. The standard InChI is InChI=1S/C12H17ClN2/c1-2-6-11-14-10-8-5-3-4-7-9(10)12(13)15-11/h2-8H2,1H3. The van der Waals surface area contributed by atoms with Crippen molar-refractivity contribution < 1.29 is 0 Å². The van der Waals surface area contributed by atoms with Crippen molar-refractivity contribution in [1.29, 1.82) is 0 Å². The van der Waals surface area contributed by atoms with Gasteiger partial charge in [0.2, 0.25) is 0 Å². The van der Waals surface area contributed by atoms with Gasteiger partial charge in [0.25, 0.3) is 0 Å². The van der Waals surface area contributed by atoms with Crippen LogP contribution >= 0.6 is 11.6 Å². The van der Waals surface area contributed by atoms with Crippen molar-refractivity contribution in [2.75, 3.05) is 0 Å². The molecule has 0 aliphatic heterocycles. The molecule has 0 atom stereocenters. The smallest absolute Gasteiger partial charge is 0.136 e. The quantitative estimate of drug-likeness (QED) is 0.569. The van der Waals surface area contributed by atoms with Crippen LogP contribution in [0.15, 0.2) is 0 Å². The van der Waals surface area contributed by atoms with E-state index in [2.05, 4.69) is 16.9 Å². The molecule has 0 saturated carbocycles. The van der Waals surface area contributed by atoms with E-state index in [9.17, 15) is 0 Å². The zero-order chi connectivity index (χ0) is 10.7. The van der Waals surface area contributed by atoms with Gasteiger partial charge in [-0.1, -0.05) is 24.9 Å². The monoisotopic (exact) mass is 224 g/mol. The van der Waals surface area contributed by atoms with E-state index in [4.69, 9.17) is 11.6 Å². The molecule has 15 heavy (non-hydrogen) atoms. The summed E-state index contributed by atoms with van der Waals surface area (Å²) < 4.78 is 0. The molecule has 0 aromatic carbocycles. The lowest BCUT2D eigenvalue weighted by Gasteiger charge is -2.08. The van der Waals surface area contributed by atoms with E-state index in [1.165, 1.54) is 30.5 Å². The van der Waals surface area contributed by atoms with Crippen LogP contribution in [0.25, 0.3) is 0 Å². The number of nitrogens with zero attached hydrogens (tertiary/aromatic N) is 2. The van der Waals surface area contributed by atoms with Crippen LogP contribution in [0.1, 0.15) is 49.7 Å². The summed E-state index contributed by atoms with van der Waals surface area (Å²) in [6.45, 7) is 2.14. The van der Waals surface area contributed by atoms with E-state index < -0.39 is 0 Å². The first-order valence-corrected chi connectivity index (χ1v) is 6.23. The van der Waals surface area contributed by atoms with E-state index in [0.29, 0.717) is 5.15 Å².